The predicted octanol–water partition coefficient (Wildman–Crippen LogP) is 3.73. The second-order valence-corrected chi connectivity index (χ2v) is 7.72. The van der Waals surface area contributed by atoms with Crippen LogP contribution >= 0.6 is 0 Å². The van der Waals surface area contributed by atoms with Crippen molar-refractivity contribution in [1.82, 2.24) is 20.1 Å². The highest BCUT2D eigenvalue weighted by molar-refractivity contribution is 5.98. The third kappa shape index (κ3) is 2.92. The van der Waals surface area contributed by atoms with Gasteiger partial charge in [0.25, 0.3) is 5.91 Å². The number of fused-ring (bicyclic) bond motifs is 2. The minimum atomic E-state index is -0.763. The third-order valence-electron chi connectivity index (χ3n) is 5.79. The number of aromatic nitrogens is 3. The van der Waals surface area contributed by atoms with E-state index in [2.05, 4.69) is 39.7 Å². The minimum Gasteiger partial charge on any atom is -0.491 e. The van der Waals surface area contributed by atoms with E-state index in [9.17, 15) is 4.79 Å². The summed E-state index contributed by atoms with van der Waals surface area (Å²) in [4.78, 5) is 18.1. The maximum atomic E-state index is 13.4. The lowest BCUT2D eigenvalue weighted by atomic mass is 9.81. The van der Waals surface area contributed by atoms with Crippen molar-refractivity contribution in [3.8, 4) is 5.75 Å². The molecule has 6 heteroatoms. The molecule has 5 rings (SSSR count). The van der Waals surface area contributed by atoms with Crippen LogP contribution in [0.25, 0.3) is 10.9 Å². The summed E-state index contributed by atoms with van der Waals surface area (Å²) in [5.74, 6) is 0.545. The van der Waals surface area contributed by atoms with Gasteiger partial charge in [0, 0.05) is 30.6 Å². The van der Waals surface area contributed by atoms with E-state index >= 15 is 0 Å². The summed E-state index contributed by atoms with van der Waals surface area (Å²) in [6, 6.07) is 17.6. The second kappa shape index (κ2) is 6.99. The number of ether oxygens (including phenoxy) is 1. The summed E-state index contributed by atoms with van der Waals surface area (Å²) in [6.45, 7) is 2.54. The molecule has 1 atom stereocenters. The molecule has 1 amide bonds. The first kappa shape index (κ1) is 18.4. The van der Waals surface area contributed by atoms with Crippen molar-refractivity contribution in [1.29, 1.82) is 0 Å². The molecule has 0 bridgehead atoms. The molecule has 0 unspecified atom stereocenters. The van der Waals surface area contributed by atoms with Gasteiger partial charge in [0.1, 0.15) is 17.0 Å². The smallest absolute Gasteiger partial charge is 0.252 e. The van der Waals surface area contributed by atoms with E-state index in [1.807, 2.05) is 44.3 Å². The summed E-state index contributed by atoms with van der Waals surface area (Å²) in [5.41, 5.74) is 3.62. The minimum absolute atomic E-state index is 0.155. The zero-order chi connectivity index (χ0) is 20.7. The predicted molar refractivity (Wildman–Crippen MR) is 114 cm³/mol. The first-order valence-electron chi connectivity index (χ1n) is 9.96. The van der Waals surface area contributed by atoms with E-state index in [1.165, 1.54) is 0 Å². The molecular weight excluding hydrogens is 376 g/mol. The molecule has 150 valence electrons. The first-order valence-corrected chi connectivity index (χ1v) is 9.96. The van der Waals surface area contributed by atoms with E-state index in [0.29, 0.717) is 24.3 Å². The quantitative estimate of drug-likeness (QED) is 0.571. The van der Waals surface area contributed by atoms with E-state index in [0.717, 1.165) is 27.7 Å². The highest BCUT2D eigenvalue weighted by Gasteiger charge is 2.42. The zero-order valence-corrected chi connectivity index (χ0v) is 16.9. The van der Waals surface area contributed by atoms with Gasteiger partial charge in [-0.1, -0.05) is 35.9 Å². The van der Waals surface area contributed by atoms with E-state index in [4.69, 9.17) is 4.74 Å². The van der Waals surface area contributed by atoms with Crippen molar-refractivity contribution >= 4 is 16.8 Å². The Morgan fingerprint density at radius 3 is 2.83 bits per heavy atom. The lowest BCUT2D eigenvalue weighted by molar-refractivity contribution is 0.0884. The molecule has 1 aliphatic heterocycles. The maximum Gasteiger partial charge on any atom is 0.252 e. The molecule has 0 fully saturated rings. The monoisotopic (exact) mass is 398 g/mol. The molecule has 6 nitrogen and oxygen atoms in total. The molecule has 4 aromatic rings. The van der Waals surface area contributed by atoms with Crippen LogP contribution in [0.1, 0.15) is 33.6 Å². The Labute approximate surface area is 174 Å². The van der Waals surface area contributed by atoms with Gasteiger partial charge in [-0.15, -0.1) is 0 Å². The van der Waals surface area contributed by atoms with Crippen LogP contribution in [-0.4, -0.2) is 27.3 Å². The molecule has 3 heterocycles. The summed E-state index contributed by atoms with van der Waals surface area (Å²) < 4.78 is 7.62. The topological polar surface area (TPSA) is 69.0 Å². The number of rotatable bonds is 3. The molecule has 2 aromatic carbocycles. The summed E-state index contributed by atoms with van der Waals surface area (Å²) >= 11 is 0. The van der Waals surface area contributed by atoms with Crippen LogP contribution in [0, 0.1) is 6.92 Å². The van der Waals surface area contributed by atoms with Gasteiger partial charge < -0.3 is 10.1 Å². The lowest BCUT2D eigenvalue weighted by Crippen LogP contribution is -2.50. The van der Waals surface area contributed by atoms with Crippen LogP contribution in [0.4, 0.5) is 0 Å². The van der Waals surface area contributed by atoms with Gasteiger partial charge in [0.05, 0.1) is 18.3 Å². The molecule has 0 aliphatic carbocycles. The first-order chi connectivity index (χ1) is 14.6. The molecule has 30 heavy (non-hydrogen) atoms. The number of hydrogen-bond donors (Lipinski definition) is 1. The number of aryl methyl sites for hydroxylation is 2. The van der Waals surface area contributed by atoms with Crippen LogP contribution < -0.4 is 10.1 Å². The Bertz CT molecular complexity index is 1250. The average molecular weight is 398 g/mol. The van der Waals surface area contributed by atoms with Crippen molar-refractivity contribution in [2.45, 2.75) is 18.9 Å². The fraction of sp³-hybridized carbons (Fsp3) is 0.208. The Morgan fingerprint density at radius 1 is 1.17 bits per heavy atom. The van der Waals surface area contributed by atoms with Crippen molar-refractivity contribution < 1.29 is 9.53 Å². The van der Waals surface area contributed by atoms with Crippen molar-refractivity contribution in [2.24, 2.45) is 7.05 Å². The van der Waals surface area contributed by atoms with Gasteiger partial charge >= 0.3 is 0 Å². The van der Waals surface area contributed by atoms with Crippen molar-refractivity contribution in [3.05, 3.63) is 89.4 Å². The molecule has 1 N–H and O–H groups in total. The SMILES string of the molecule is Cc1ccc([C@@]2(NC(=O)c3ccc4cnn(C)c4c3)CCOc3cccnc32)cc1. The molecule has 0 saturated heterocycles. The highest BCUT2D eigenvalue weighted by Crippen LogP contribution is 2.40. The summed E-state index contributed by atoms with van der Waals surface area (Å²) in [7, 11) is 1.87. The highest BCUT2D eigenvalue weighted by atomic mass is 16.5. The Hall–Kier alpha value is -3.67. The van der Waals surface area contributed by atoms with Crippen LogP contribution in [-0.2, 0) is 12.6 Å². The van der Waals surface area contributed by atoms with Gasteiger partial charge in [0.2, 0.25) is 0 Å². The number of benzene rings is 2. The molecule has 0 spiro atoms. The van der Waals surface area contributed by atoms with Gasteiger partial charge in [-0.3, -0.25) is 14.5 Å². The number of nitrogens with zero attached hydrogens (tertiary/aromatic N) is 3. The van der Waals surface area contributed by atoms with Crippen LogP contribution in [0.5, 0.6) is 5.75 Å². The molecule has 1 aliphatic rings. The van der Waals surface area contributed by atoms with Gasteiger partial charge in [-0.25, -0.2) is 0 Å². The average Bonchev–Trinajstić information content (AvgIpc) is 3.14. The number of carbonyl (C=O) groups excluding carboxylic acids is 1. The molecule has 0 saturated carbocycles. The van der Waals surface area contributed by atoms with Crippen LogP contribution in [0.15, 0.2) is 67.0 Å². The molecule has 0 radical (unpaired) electrons. The van der Waals surface area contributed by atoms with Crippen molar-refractivity contribution in [3.63, 3.8) is 0 Å². The zero-order valence-electron chi connectivity index (χ0n) is 16.9. The van der Waals surface area contributed by atoms with Crippen molar-refractivity contribution in [2.75, 3.05) is 6.61 Å². The van der Waals surface area contributed by atoms with Gasteiger partial charge in [0.15, 0.2) is 0 Å². The Morgan fingerprint density at radius 2 is 2.00 bits per heavy atom. The molecular formula is C24H22N4O2. The summed E-state index contributed by atoms with van der Waals surface area (Å²) in [6.07, 6.45) is 4.13. The van der Waals surface area contributed by atoms with E-state index < -0.39 is 5.54 Å². The van der Waals surface area contributed by atoms with Gasteiger partial charge in [-0.05, 0) is 36.8 Å². The number of nitrogens with one attached hydrogen (secondary N) is 1. The maximum absolute atomic E-state index is 13.4. The normalized spacial score (nSPS) is 17.9. The lowest BCUT2D eigenvalue weighted by Gasteiger charge is -2.39. The van der Waals surface area contributed by atoms with E-state index in [1.54, 1.807) is 17.1 Å². The number of hydrogen-bond acceptors (Lipinski definition) is 4. The fourth-order valence-electron chi connectivity index (χ4n) is 4.12. The number of amides is 1. The third-order valence-corrected chi connectivity index (χ3v) is 5.79. The molecule has 2 aromatic heterocycles. The number of carbonyl (C=O) groups is 1. The van der Waals surface area contributed by atoms with Crippen LogP contribution in [0.2, 0.25) is 0 Å². The van der Waals surface area contributed by atoms with E-state index in [-0.39, 0.29) is 5.91 Å². The standard InChI is InChI=1S/C24H22N4O2/c1-16-5-9-19(10-6-16)24(11-13-30-21-4-3-12-25-22(21)24)27-23(29)17-7-8-18-15-26-28(2)20(18)14-17/h3-10,12,14-15H,11,13H2,1-2H3,(H,27,29)/t24-/m0/s1. The Balaban J connectivity index is 1.61. The number of pyridine rings is 1. The van der Waals surface area contributed by atoms with Gasteiger partial charge in [-0.2, -0.15) is 5.10 Å². The Kier molecular flexibility index (Phi) is 4.28. The second-order valence-electron chi connectivity index (χ2n) is 7.72. The van der Waals surface area contributed by atoms with Crippen LogP contribution in [0.3, 0.4) is 0 Å². The fourth-order valence-corrected chi connectivity index (χ4v) is 4.12. The largest absolute Gasteiger partial charge is 0.491 e. The summed E-state index contributed by atoms with van der Waals surface area (Å²) in [5, 5.41) is 8.58.